The Balaban J connectivity index is 2.06. The fraction of sp³-hybridized carbons (Fsp3) is 0.333. The second kappa shape index (κ2) is 9.16. The summed E-state index contributed by atoms with van der Waals surface area (Å²) in [6.45, 7) is 0.795. The third kappa shape index (κ3) is 5.54. The minimum atomic E-state index is -2.91. The van der Waals surface area contributed by atoms with Crippen LogP contribution in [0.5, 0.6) is 5.75 Å². The van der Waals surface area contributed by atoms with Crippen molar-refractivity contribution in [3.8, 4) is 17.1 Å². The number of rotatable bonds is 7. The van der Waals surface area contributed by atoms with Crippen LogP contribution in [0.1, 0.15) is 13.8 Å². The summed E-state index contributed by atoms with van der Waals surface area (Å²) in [5.41, 5.74) is 0.526. The van der Waals surface area contributed by atoms with E-state index in [-0.39, 0.29) is 16.7 Å². The standard InChI is InChI=1S/C15H18F2N6O3S/c1-3-19-14(25)20-12(24)8(2)27-15-22-21-11(23(15)18)9-4-6-10(7-5-9)26-13(16)17/h4-8,13H,3,18H2,1-2H3,(H2,19,20,24,25). The van der Waals surface area contributed by atoms with Crippen LogP contribution in [0.3, 0.4) is 0 Å². The maximum Gasteiger partial charge on any atom is 0.387 e. The van der Waals surface area contributed by atoms with Crippen molar-refractivity contribution in [1.82, 2.24) is 25.5 Å². The molecule has 4 N–H and O–H groups in total. The van der Waals surface area contributed by atoms with Gasteiger partial charge in [-0.2, -0.15) is 8.78 Å². The van der Waals surface area contributed by atoms with E-state index >= 15 is 0 Å². The molecular weight excluding hydrogens is 382 g/mol. The smallest absolute Gasteiger partial charge is 0.387 e. The summed E-state index contributed by atoms with van der Waals surface area (Å²) in [5, 5.41) is 12.1. The lowest BCUT2D eigenvalue weighted by Crippen LogP contribution is -2.42. The van der Waals surface area contributed by atoms with Gasteiger partial charge in [0.1, 0.15) is 5.75 Å². The zero-order valence-corrected chi connectivity index (χ0v) is 15.3. The van der Waals surface area contributed by atoms with Crippen LogP contribution in [-0.4, -0.2) is 45.2 Å². The number of benzene rings is 1. The molecule has 2 rings (SSSR count). The van der Waals surface area contributed by atoms with Gasteiger partial charge in [-0.15, -0.1) is 10.2 Å². The molecule has 2 aromatic rings. The largest absolute Gasteiger partial charge is 0.435 e. The highest BCUT2D eigenvalue weighted by Gasteiger charge is 2.21. The lowest BCUT2D eigenvalue weighted by atomic mass is 10.2. The number of nitrogen functional groups attached to an aromatic ring is 1. The highest BCUT2D eigenvalue weighted by molar-refractivity contribution is 8.00. The summed E-state index contributed by atoms with van der Waals surface area (Å²) < 4.78 is 29.8. The number of nitrogens with zero attached hydrogens (tertiary/aromatic N) is 3. The molecule has 0 spiro atoms. The lowest BCUT2D eigenvalue weighted by molar-refractivity contribution is -0.119. The maximum atomic E-state index is 12.2. The molecule has 1 heterocycles. The Kier molecular flexibility index (Phi) is 6.93. The molecule has 0 bridgehead atoms. The number of thioether (sulfide) groups is 1. The molecular formula is C15H18F2N6O3S. The highest BCUT2D eigenvalue weighted by atomic mass is 32.2. The van der Waals surface area contributed by atoms with Crippen molar-refractivity contribution in [2.75, 3.05) is 12.4 Å². The predicted molar refractivity (Wildman–Crippen MR) is 94.8 cm³/mol. The first kappa shape index (κ1) is 20.4. The third-order valence-corrected chi connectivity index (χ3v) is 4.28. The van der Waals surface area contributed by atoms with Gasteiger partial charge in [-0.05, 0) is 38.1 Å². The van der Waals surface area contributed by atoms with Crippen molar-refractivity contribution >= 4 is 23.7 Å². The fourth-order valence-corrected chi connectivity index (χ4v) is 2.74. The molecule has 3 amide bonds. The second-order valence-electron chi connectivity index (χ2n) is 5.19. The number of urea groups is 1. The van der Waals surface area contributed by atoms with E-state index in [2.05, 4.69) is 25.6 Å². The summed E-state index contributed by atoms with van der Waals surface area (Å²) in [7, 11) is 0. The molecule has 1 aromatic heterocycles. The Morgan fingerprint density at radius 3 is 2.56 bits per heavy atom. The third-order valence-electron chi connectivity index (χ3n) is 3.23. The van der Waals surface area contributed by atoms with Gasteiger partial charge in [0.15, 0.2) is 5.82 Å². The minimum absolute atomic E-state index is 0.00193. The van der Waals surface area contributed by atoms with E-state index < -0.39 is 23.8 Å². The average molecular weight is 400 g/mol. The first-order chi connectivity index (χ1) is 12.8. The van der Waals surface area contributed by atoms with Gasteiger partial charge in [0.25, 0.3) is 0 Å². The second-order valence-corrected chi connectivity index (χ2v) is 6.50. The van der Waals surface area contributed by atoms with Crippen LogP contribution < -0.4 is 21.2 Å². The Bertz CT molecular complexity index is 799. The molecule has 0 aliphatic heterocycles. The maximum absolute atomic E-state index is 12.2. The predicted octanol–water partition coefficient (Wildman–Crippen LogP) is 1.59. The van der Waals surface area contributed by atoms with Crippen molar-refractivity contribution in [3.05, 3.63) is 24.3 Å². The minimum Gasteiger partial charge on any atom is -0.435 e. The number of nitrogens with two attached hydrogens (primary N) is 1. The number of carbonyl (C=O) groups is 2. The van der Waals surface area contributed by atoms with Crippen LogP contribution in [0, 0.1) is 0 Å². The molecule has 1 atom stereocenters. The van der Waals surface area contributed by atoms with Gasteiger partial charge in [0.05, 0.1) is 5.25 Å². The number of hydrogen-bond donors (Lipinski definition) is 3. The van der Waals surface area contributed by atoms with E-state index in [9.17, 15) is 18.4 Å². The van der Waals surface area contributed by atoms with E-state index in [4.69, 9.17) is 5.84 Å². The summed E-state index contributed by atoms with van der Waals surface area (Å²) in [6.07, 6.45) is 0. The monoisotopic (exact) mass is 400 g/mol. The molecule has 0 aliphatic rings. The number of alkyl halides is 2. The van der Waals surface area contributed by atoms with Crippen molar-refractivity contribution in [3.63, 3.8) is 0 Å². The molecule has 12 heteroatoms. The summed E-state index contributed by atoms with van der Waals surface area (Å²) in [4.78, 5) is 23.4. The fourth-order valence-electron chi connectivity index (χ4n) is 1.97. The Morgan fingerprint density at radius 1 is 1.30 bits per heavy atom. The van der Waals surface area contributed by atoms with Crippen LogP contribution in [-0.2, 0) is 4.79 Å². The van der Waals surface area contributed by atoms with Crippen molar-refractivity contribution in [2.24, 2.45) is 0 Å². The van der Waals surface area contributed by atoms with E-state index in [0.717, 1.165) is 11.8 Å². The highest BCUT2D eigenvalue weighted by Crippen LogP contribution is 2.26. The van der Waals surface area contributed by atoms with E-state index in [1.54, 1.807) is 13.8 Å². The van der Waals surface area contributed by atoms with E-state index in [0.29, 0.717) is 12.1 Å². The van der Waals surface area contributed by atoms with Gasteiger partial charge in [0, 0.05) is 12.1 Å². The van der Waals surface area contributed by atoms with Gasteiger partial charge >= 0.3 is 12.6 Å². The van der Waals surface area contributed by atoms with Crippen molar-refractivity contribution in [2.45, 2.75) is 30.9 Å². The Labute approximate surface area is 157 Å². The molecule has 9 nitrogen and oxygen atoms in total. The van der Waals surface area contributed by atoms with Gasteiger partial charge in [0.2, 0.25) is 11.1 Å². The quantitative estimate of drug-likeness (QED) is 0.476. The SMILES string of the molecule is CCNC(=O)NC(=O)C(C)Sc1nnc(-c2ccc(OC(F)F)cc2)n1N. The van der Waals surface area contributed by atoms with E-state index in [1.165, 1.54) is 28.9 Å². The van der Waals surface area contributed by atoms with Gasteiger partial charge in [-0.3, -0.25) is 10.1 Å². The molecule has 0 aliphatic carbocycles. The zero-order chi connectivity index (χ0) is 20.0. The number of hydrogen-bond acceptors (Lipinski definition) is 7. The van der Waals surface area contributed by atoms with E-state index in [1.807, 2.05) is 0 Å². The first-order valence-electron chi connectivity index (χ1n) is 7.83. The average Bonchev–Trinajstić information content (AvgIpc) is 2.96. The van der Waals surface area contributed by atoms with Crippen LogP contribution in [0.4, 0.5) is 13.6 Å². The molecule has 0 saturated carbocycles. The number of nitrogens with one attached hydrogen (secondary N) is 2. The number of halogens is 2. The van der Waals surface area contributed by atoms with Crippen LogP contribution >= 0.6 is 11.8 Å². The first-order valence-corrected chi connectivity index (χ1v) is 8.70. The number of amides is 3. The molecule has 0 saturated heterocycles. The number of carbonyl (C=O) groups excluding carboxylic acids is 2. The zero-order valence-electron chi connectivity index (χ0n) is 14.5. The number of aromatic nitrogens is 3. The molecule has 1 aromatic carbocycles. The molecule has 0 fully saturated rings. The lowest BCUT2D eigenvalue weighted by Gasteiger charge is -2.11. The Morgan fingerprint density at radius 2 is 1.96 bits per heavy atom. The van der Waals surface area contributed by atoms with Crippen LogP contribution in [0.2, 0.25) is 0 Å². The van der Waals surface area contributed by atoms with Gasteiger partial charge < -0.3 is 15.9 Å². The molecule has 0 radical (unpaired) electrons. The summed E-state index contributed by atoms with van der Waals surface area (Å²) in [6, 6.07) is 5.13. The van der Waals surface area contributed by atoms with Gasteiger partial charge in [-0.1, -0.05) is 11.8 Å². The molecule has 146 valence electrons. The Hall–Kier alpha value is -2.89. The van der Waals surface area contributed by atoms with Crippen LogP contribution in [0.25, 0.3) is 11.4 Å². The topological polar surface area (TPSA) is 124 Å². The number of imide groups is 1. The summed E-state index contributed by atoms with van der Waals surface area (Å²) >= 11 is 1.01. The summed E-state index contributed by atoms with van der Waals surface area (Å²) in [5.74, 6) is 5.73. The van der Waals surface area contributed by atoms with Crippen LogP contribution in [0.15, 0.2) is 29.4 Å². The number of ether oxygens (including phenoxy) is 1. The van der Waals surface area contributed by atoms with Crippen molar-refractivity contribution in [1.29, 1.82) is 0 Å². The van der Waals surface area contributed by atoms with Crippen molar-refractivity contribution < 1.29 is 23.1 Å². The van der Waals surface area contributed by atoms with Gasteiger partial charge in [-0.25, -0.2) is 9.47 Å². The normalized spacial score (nSPS) is 11.9. The molecule has 1 unspecified atom stereocenters. The molecule has 27 heavy (non-hydrogen) atoms.